The summed E-state index contributed by atoms with van der Waals surface area (Å²) < 4.78 is 5.76. The molecule has 1 aliphatic rings. The molecule has 2 aromatic carbocycles. The number of carbonyl (C=O) groups excluding carboxylic acids is 2. The summed E-state index contributed by atoms with van der Waals surface area (Å²) >= 11 is 13.5. The van der Waals surface area contributed by atoms with Crippen LogP contribution in [0.3, 0.4) is 0 Å². The summed E-state index contributed by atoms with van der Waals surface area (Å²) in [6.07, 6.45) is 6.75. The molecule has 1 fully saturated rings. The van der Waals surface area contributed by atoms with Crippen LogP contribution in [0, 0.1) is 19.3 Å². The zero-order valence-electron chi connectivity index (χ0n) is 14.9. The fraction of sp³-hybridized carbons (Fsp3) is 0.143. The molecule has 0 N–H and O–H groups in total. The maximum Gasteiger partial charge on any atom is 0.294 e. The van der Waals surface area contributed by atoms with Crippen molar-refractivity contribution in [2.75, 3.05) is 6.54 Å². The SMILES string of the molecule is C#CCN1C(=O)S/C(=C/c2cc(Cl)c(OCc3ccc(C)cc3)c(Cl)c2)C1=O. The van der Waals surface area contributed by atoms with Crippen LogP contribution in [-0.2, 0) is 11.4 Å². The summed E-state index contributed by atoms with van der Waals surface area (Å²) in [4.78, 5) is 25.4. The number of ether oxygens (including phenoxy) is 1. The molecule has 3 rings (SSSR count). The highest BCUT2D eigenvalue weighted by atomic mass is 35.5. The lowest BCUT2D eigenvalue weighted by Gasteiger charge is -2.11. The summed E-state index contributed by atoms with van der Waals surface area (Å²) in [5, 5.41) is 0.229. The molecule has 2 amide bonds. The maximum absolute atomic E-state index is 12.3. The molecule has 0 atom stereocenters. The molecule has 0 spiro atoms. The Kier molecular flexibility index (Phi) is 6.35. The molecule has 0 aromatic heterocycles. The Labute approximate surface area is 177 Å². The van der Waals surface area contributed by atoms with Gasteiger partial charge in [-0.15, -0.1) is 6.42 Å². The lowest BCUT2D eigenvalue weighted by Crippen LogP contribution is -2.28. The van der Waals surface area contributed by atoms with Crippen LogP contribution < -0.4 is 4.74 Å². The molecule has 0 unspecified atom stereocenters. The second kappa shape index (κ2) is 8.74. The molecule has 7 heteroatoms. The van der Waals surface area contributed by atoms with Gasteiger partial charge in [-0.1, -0.05) is 59.0 Å². The summed E-state index contributed by atoms with van der Waals surface area (Å²) in [7, 11) is 0. The van der Waals surface area contributed by atoms with Gasteiger partial charge in [0.15, 0.2) is 5.75 Å². The Balaban J connectivity index is 1.78. The van der Waals surface area contributed by atoms with Crippen LogP contribution in [0.25, 0.3) is 6.08 Å². The molecule has 4 nitrogen and oxygen atoms in total. The molecule has 0 bridgehead atoms. The molecule has 0 saturated carbocycles. The van der Waals surface area contributed by atoms with E-state index in [9.17, 15) is 9.59 Å². The zero-order valence-corrected chi connectivity index (χ0v) is 17.2. The van der Waals surface area contributed by atoms with Crippen molar-refractivity contribution < 1.29 is 14.3 Å². The molecule has 1 heterocycles. The number of terminal acetylenes is 1. The van der Waals surface area contributed by atoms with Gasteiger partial charge in [-0.2, -0.15) is 0 Å². The van der Waals surface area contributed by atoms with E-state index in [1.165, 1.54) is 0 Å². The first-order valence-corrected chi connectivity index (χ1v) is 9.82. The van der Waals surface area contributed by atoms with Gasteiger partial charge in [0, 0.05) is 0 Å². The highest BCUT2D eigenvalue weighted by molar-refractivity contribution is 8.18. The molecule has 0 aliphatic carbocycles. The molecule has 1 saturated heterocycles. The summed E-state index contributed by atoms with van der Waals surface area (Å²) in [5.74, 6) is 2.23. The van der Waals surface area contributed by atoms with Crippen molar-refractivity contribution in [1.29, 1.82) is 0 Å². The number of aryl methyl sites for hydroxylation is 1. The minimum absolute atomic E-state index is 0.0602. The van der Waals surface area contributed by atoms with Crippen LogP contribution in [0.5, 0.6) is 5.75 Å². The van der Waals surface area contributed by atoms with Crippen molar-refractivity contribution in [2.24, 2.45) is 0 Å². The van der Waals surface area contributed by atoms with Gasteiger partial charge in [0.1, 0.15) is 6.61 Å². The second-order valence-electron chi connectivity index (χ2n) is 6.06. The van der Waals surface area contributed by atoms with E-state index in [0.29, 0.717) is 28.0 Å². The van der Waals surface area contributed by atoms with Gasteiger partial charge in [-0.3, -0.25) is 14.5 Å². The normalized spacial score (nSPS) is 15.2. The van der Waals surface area contributed by atoms with E-state index in [1.807, 2.05) is 31.2 Å². The van der Waals surface area contributed by atoms with Crippen LogP contribution in [0.4, 0.5) is 4.79 Å². The number of halogens is 2. The zero-order chi connectivity index (χ0) is 20.3. The Bertz CT molecular complexity index is 986. The van der Waals surface area contributed by atoms with Gasteiger partial charge in [0.2, 0.25) is 0 Å². The van der Waals surface area contributed by atoms with Crippen molar-refractivity contribution in [1.82, 2.24) is 4.90 Å². The third-order valence-corrected chi connectivity index (χ3v) is 5.41. The topological polar surface area (TPSA) is 46.6 Å². The van der Waals surface area contributed by atoms with Gasteiger partial charge in [-0.25, -0.2) is 0 Å². The average molecular weight is 432 g/mol. The largest absolute Gasteiger partial charge is 0.486 e. The van der Waals surface area contributed by atoms with E-state index in [4.69, 9.17) is 34.4 Å². The average Bonchev–Trinajstić information content (AvgIpc) is 2.90. The molecule has 28 heavy (non-hydrogen) atoms. The van der Waals surface area contributed by atoms with Crippen molar-refractivity contribution in [3.63, 3.8) is 0 Å². The molecular weight excluding hydrogens is 417 g/mol. The smallest absolute Gasteiger partial charge is 0.294 e. The Morgan fingerprint density at radius 1 is 1.18 bits per heavy atom. The first-order valence-electron chi connectivity index (χ1n) is 8.25. The summed E-state index contributed by atoms with van der Waals surface area (Å²) in [6, 6.07) is 11.2. The summed E-state index contributed by atoms with van der Waals surface area (Å²) in [5.41, 5.74) is 2.74. The third-order valence-electron chi connectivity index (χ3n) is 3.95. The molecule has 2 aromatic rings. The minimum Gasteiger partial charge on any atom is -0.486 e. The predicted molar refractivity (Wildman–Crippen MR) is 113 cm³/mol. The Morgan fingerprint density at radius 2 is 1.82 bits per heavy atom. The number of hydrogen-bond acceptors (Lipinski definition) is 4. The first kappa shape index (κ1) is 20.3. The Hall–Kier alpha value is -2.39. The standard InChI is InChI=1S/C21H15Cl2NO3S/c1-3-8-24-20(25)18(28-21(24)26)11-15-9-16(22)19(17(23)10-15)27-12-14-6-4-13(2)5-7-14/h1,4-7,9-11H,8,12H2,2H3/b18-11+. The van der Waals surface area contributed by atoms with Gasteiger partial charge in [-0.05, 0) is 48.0 Å². The van der Waals surface area contributed by atoms with E-state index in [0.717, 1.165) is 27.8 Å². The fourth-order valence-electron chi connectivity index (χ4n) is 2.52. The van der Waals surface area contributed by atoms with Crippen LogP contribution in [0.1, 0.15) is 16.7 Å². The number of amides is 2. The van der Waals surface area contributed by atoms with E-state index in [-0.39, 0.29) is 11.4 Å². The second-order valence-corrected chi connectivity index (χ2v) is 7.87. The van der Waals surface area contributed by atoms with E-state index in [1.54, 1.807) is 18.2 Å². The number of carbonyl (C=O) groups is 2. The molecule has 142 valence electrons. The van der Waals surface area contributed by atoms with Gasteiger partial charge >= 0.3 is 0 Å². The van der Waals surface area contributed by atoms with Crippen molar-refractivity contribution in [3.05, 3.63) is 68.0 Å². The highest BCUT2D eigenvalue weighted by Crippen LogP contribution is 2.37. The quantitative estimate of drug-likeness (QED) is 0.459. The Morgan fingerprint density at radius 3 is 2.43 bits per heavy atom. The van der Waals surface area contributed by atoms with Gasteiger partial charge in [0.05, 0.1) is 21.5 Å². The van der Waals surface area contributed by atoms with Crippen molar-refractivity contribution in [3.8, 4) is 18.1 Å². The monoisotopic (exact) mass is 431 g/mol. The third kappa shape index (κ3) is 4.53. The maximum atomic E-state index is 12.3. The number of benzene rings is 2. The lowest BCUT2D eigenvalue weighted by molar-refractivity contribution is -0.122. The number of imide groups is 1. The van der Waals surface area contributed by atoms with Crippen LogP contribution in [0.2, 0.25) is 10.0 Å². The molecule has 0 radical (unpaired) electrons. The summed E-state index contributed by atoms with van der Waals surface area (Å²) in [6.45, 7) is 2.28. The van der Waals surface area contributed by atoms with Gasteiger partial charge < -0.3 is 4.74 Å². The van der Waals surface area contributed by atoms with Crippen molar-refractivity contribution >= 4 is 52.2 Å². The number of rotatable bonds is 5. The van der Waals surface area contributed by atoms with Crippen LogP contribution >= 0.6 is 35.0 Å². The minimum atomic E-state index is -0.431. The molecular formula is C21H15Cl2NO3S. The lowest BCUT2D eigenvalue weighted by atomic mass is 10.1. The van der Waals surface area contributed by atoms with E-state index >= 15 is 0 Å². The highest BCUT2D eigenvalue weighted by Gasteiger charge is 2.34. The van der Waals surface area contributed by atoms with Crippen molar-refractivity contribution in [2.45, 2.75) is 13.5 Å². The number of thioether (sulfide) groups is 1. The van der Waals surface area contributed by atoms with Crippen LogP contribution in [-0.4, -0.2) is 22.6 Å². The number of nitrogens with zero attached hydrogens (tertiary/aromatic N) is 1. The van der Waals surface area contributed by atoms with Gasteiger partial charge in [0.25, 0.3) is 11.1 Å². The predicted octanol–water partition coefficient (Wildman–Crippen LogP) is 5.55. The van der Waals surface area contributed by atoms with E-state index < -0.39 is 11.1 Å². The first-order chi connectivity index (χ1) is 13.4. The van der Waals surface area contributed by atoms with E-state index in [2.05, 4.69) is 5.92 Å². The number of hydrogen-bond donors (Lipinski definition) is 0. The van der Waals surface area contributed by atoms with Crippen LogP contribution in [0.15, 0.2) is 41.3 Å². The fourth-order valence-corrected chi connectivity index (χ4v) is 3.97. The molecule has 1 aliphatic heterocycles.